The molecule has 1 atom stereocenters. The lowest BCUT2D eigenvalue weighted by molar-refractivity contribution is -0.882. The molecule has 1 rings (SSSR count). The van der Waals surface area contributed by atoms with Crippen LogP contribution in [-0.4, -0.2) is 62.1 Å². The number of likely N-dealkylation sites (tertiary alicyclic amines) is 1. The molecule has 0 aliphatic carbocycles. The third kappa shape index (κ3) is 7.97. The number of ether oxygens (including phenoxy) is 1. The van der Waals surface area contributed by atoms with Crippen LogP contribution in [0.15, 0.2) is 0 Å². The molecule has 23 heavy (non-hydrogen) atoms. The quantitative estimate of drug-likeness (QED) is 0.717. The zero-order chi connectivity index (χ0) is 17.1. The SMILES string of the molecule is CCOC(=O)NC(=O)C[NH+](CC)CC(=O)N1CCCCCCC1. The molecular formula is C16H30N3O4+. The molecular weight excluding hydrogens is 298 g/mol. The normalized spacial score (nSPS) is 16.9. The maximum Gasteiger partial charge on any atom is 0.414 e. The zero-order valence-corrected chi connectivity index (χ0v) is 14.4. The number of hydrogen-bond acceptors (Lipinski definition) is 4. The number of imide groups is 1. The molecule has 7 heteroatoms. The zero-order valence-electron chi connectivity index (χ0n) is 14.4. The van der Waals surface area contributed by atoms with Crippen LogP contribution in [0.2, 0.25) is 0 Å². The van der Waals surface area contributed by atoms with Crippen LogP contribution in [0.4, 0.5) is 4.79 Å². The van der Waals surface area contributed by atoms with Gasteiger partial charge in [0.2, 0.25) is 0 Å². The first kappa shape index (κ1) is 19.4. The Labute approximate surface area is 138 Å². The first-order valence-electron chi connectivity index (χ1n) is 8.64. The third-order valence-corrected chi connectivity index (χ3v) is 4.04. The van der Waals surface area contributed by atoms with Crippen molar-refractivity contribution in [3.63, 3.8) is 0 Å². The van der Waals surface area contributed by atoms with E-state index in [4.69, 9.17) is 0 Å². The predicted octanol–water partition coefficient (Wildman–Crippen LogP) is -0.0434. The molecule has 2 N–H and O–H groups in total. The Bertz CT molecular complexity index is 393. The molecule has 1 heterocycles. The van der Waals surface area contributed by atoms with Gasteiger partial charge in [-0.25, -0.2) is 4.79 Å². The van der Waals surface area contributed by atoms with E-state index < -0.39 is 12.0 Å². The summed E-state index contributed by atoms with van der Waals surface area (Å²) in [4.78, 5) is 38.2. The Kier molecular flexibility index (Phi) is 9.28. The van der Waals surface area contributed by atoms with E-state index in [-0.39, 0.29) is 25.6 Å². The lowest BCUT2D eigenvalue weighted by atomic mass is 10.1. The highest BCUT2D eigenvalue weighted by Gasteiger charge is 2.22. The smallest absolute Gasteiger partial charge is 0.414 e. The third-order valence-electron chi connectivity index (χ3n) is 4.04. The van der Waals surface area contributed by atoms with Crippen LogP contribution >= 0.6 is 0 Å². The molecule has 1 unspecified atom stereocenters. The summed E-state index contributed by atoms with van der Waals surface area (Å²) in [5, 5.41) is 2.17. The van der Waals surface area contributed by atoms with E-state index >= 15 is 0 Å². The minimum Gasteiger partial charge on any atom is -0.450 e. The minimum atomic E-state index is -0.733. The van der Waals surface area contributed by atoms with E-state index in [1.165, 1.54) is 19.3 Å². The second kappa shape index (κ2) is 11.0. The van der Waals surface area contributed by atoms with Crippen molar-refractivity contribution in [2.24, 2.45) is 0 Å². The maximum absolute atomic E-state index is 12.4. The summed E-state index contributed by atoms with van der Waals surface area (Å²) in [6.45, 7) is 6.47. The van der Waals surface area contributed by atoms with Crippen LogP contribution in [0.25, 0.3) is 0 Å². The van der Waals surface area contributed by atoms with Crippen LogP contribution < -0.4 is 10.2 Å². The molecule has 1 aliphatic heterocycles. The number of likely N-dealkylation sites (N-methyl/N-ethyl adjacent to an activating group) is 1. The van der Waals surface area contributed by atoms with Crippen molar-refractivity contribution in [1.82, 2.24) is 10.2 Å². The van der Waals surface area contributed by atoms with Crippen molar-refractivity contribution in [3.8, 4) is 0 Å². The van der Waals surface area contributed by atoms with Crippen LogP contribution in [-0.2, 0) is 14.3 Å². The summed E-state index contributed by atoms with van der Waals surface area (Å²) in [5.74, 6) is -0.326. The number of carbonyl (C=O) groups excluding carboxylic acids is 3. The van der Waals surface area contributed by atoms with Gasteiger partial charge >= 0.3 is 6.09 Å². The number of hydrogen-bond donors (Lipinski definition) is 2. The van der Waals surface area contributed by atoms with Crippen molar-refractivity contribution >= 4 is 17.9 Å². The van der Waals surface area contributed by atoms with Gasteiger partial charge in [0.25, 0.3) is 11.8 Å². The summed E-state index contributed by atoms with van der Waals surface area (Å²) in [7, 11) is 0. The fraction of sp³-hybridized carbons (Fsp3) is 0.812. The average Bonchev–Trinajstić information content (AvgIpc) is 2.45. The first-order valence-corrected chi connectivity index (χ1v) is 8.64. The molecule has 0 bridgehead atoms. The Morgan fingerprint density at radius 1 is 1.00 bits per heavy atom. The summed E-state index contributed by atoms with van der Waals surface area (Å²) in [5.41, 5.74) is 0. The Balaban J connectivity index is 2.42. The molecule has 0 spiro atoms. The second-order valence-corrected chi connectivity index (χ2v) is 5.87. The number of nitrogens with zero attached hydrogens (tertiary/aromatic N) is 1. The molecule has 1 fully saturated rings. The number of amides is 3. The van der Waals surface area contributed by atoms with Gasteiger partial charge in [0, 0.05) is 13.1 Å². The maximum atomic E-state index is 12.4. The minimum absolute atomic E-state index is 0.0904. The van der Waals surface area contributed by atoms with E-state index in [0.717, 1.165) is 30.8 Å². The van der Waals surface area contributed by atoms with E-state index in [2.05, 4.69) is 10.1 Å². The molecule has 3 amide bonds. The molecule has 132 valence electrons. The lowest BCUT2D eigenvalue weighted by Crippen LogP contribution is -3.14. The lowest BCUT2D eigenvalue weighted by Gasteiger charge is -2.26. The molecule has 7 nitrogen and oxygen atoms in total. The summed E-state index contributed by atoms with van der Waals surface area (Å²) in [6.07, 6.45) is 4.98. The monoisotopic (exact) mass is 328 g/mol. The predicted molar refractivity (Wildman–Crippen MR) is 86.1 cm³/mol. The Hall–Kier alpha value is -1.63. The fourth-order valence-corrected chi connectivity index (χ4v) is 2.69. The van der Waals surface area contributed by atoms with E-state index in [1.807, 2.05) is 11.8 Å². The highest BCUT2D eigenvalue weighted by Crippen LogP contribution is 2.10. The fourth-order valence-electron chi connectivity index (χ4n) is 2.69. The largest absolute Gasteiger partial charge is 0.450 e. The molecule has 0 aromatic rings. The number of carbonyl (C=O) groups is 3. The second-order valence-electron chi connectivity index (χ2n) is 5.87. The van der Waals surface area contributed by atoms with Gasteiger partial charge in [0.05, 0.1) is 13.2 Å². The van der Waals surface area contributed by atoms with Crippen LogP contribution in [0.5, 0.6) is 0 Å². The van der Waals surface area contributed by atoms with Gasteiger partial charge in [-0.15, -0.1) is 0 Å². The topological polar surface area (TPSA) is 80.1 Å². The number of rotatable bonds is 6. The van der Waals surface area contributed by atoms with E-state index in [1.54, 1.807) is 6.92 Å². The molecule has 0 aromatic carbocycles. The van der Waals surface area contributed by atoms with Gasteiger partial charge in [-0.05, 0) is 26.7 Å². The molecule has 0 radical (unpaired) electrons. The summed E-state index contributed by atoms with van der Waals surface area (Å²) >= 11 is 0. The number of quaternary nitrogens is 1. The van der Waals surface area contributed by atoms with Gasteiger partial charge in [0.1, 0.15) is 0 Å². The first-order chi connectivity index (χ1) is 11.1. The molecule has 1 saturated heterocycles. The highest BCUT2D eigenvalue weighted by atomic mass is 16.5. The van der Waals surface area contributed by atoms with Gasteiger partial charge in [-0.3, -0.25) is 14.9 Å². The van der Waals surface area contributed by atoms with Crippen LogP contribution in [0.3, 0.4) is 0 Å². The molecule has 0 saturated carbocycles. The van der Waals surface area contributed by atoms with Crippen molar-refractivity contribution in [1.29, 1.82) is 0 Å². The number of nitrogens with one attached hydrogen (secondary N) is 2. The molecule has 0 aromatic heterocycles. The highest BCUT2D eigenvalue weighted by molar-refractivity contribution is 5.92. The van der Waals surface area contributed by atoms with Gasteiger partial charge in [-0.2, -0.15) is 0 Å². The van der Waals surface area contributed by atoms with E-state index in [0.29, 0.717) is 6.54 Å². The van der Waals surface area contributed by atoms with Gasteiger partial charge in [-0.1, -0.05) is 19.3 Å². The van der Waals surface area contributed by atoms with E-state index in [9.17, 15) is 14.4 Å². The molecule has 1 aliphatic rings. The van der Waals surface area contributed by atoms with Crippen LogP contribution in [0.1, 0.15) is 46.0 Å². The summed E-state index contributed by atoms with van der Waals surface area (Å²) in [6, 6.07) is 0. The van der Waals surface area contributed by atoms with Crippen molar-refractivity contribution in [3.05, 3.63) is 0 Å². The number of alkyl carbamates (subject to hydrolysis) is 1. The Morgan fingerprint density at radius 2 is 1.61 bits per heavy atom. The van der Waals surface area contributed by atoms with Crippen molar-refractivity contribution in [2.75, 3.05) is 39.3 Å². The average molecular weight is 328 g/mol. The standard InChI is InChI=1S/C16H29N3O4/c1-3-18(12-14(20)17-16(22)23-4-2)13-15(21)19-10-8-6-5-7-9-11-19/h3-13H2,1-2H3,(H,17,20,22)/p+1. The van der Waals surface area contributed by atoms with Crippen LogP contribution in [0, 0.1) is 0 Å². The van der Waals surface area contributed by atoms with Crippen molar-refractivity contribution < 1.29 is 24.0 Å². The Morgan fingerprint density at radius 3 is 2.17 bits per heavy atom. The van der Waals surface area contributed by atoms with Gasteiger partial charge < -0.3 is 14.5 Å². The van der Waals surface area contributed by atoms with Gasteiger partial charge in [0.15, 0.2) is 13.1 Å². The van der Waals surface area contributed by atoms with Crippen molar-refractivity contribution in [2.45, 2.75) is 46.0 Å². The summed E-state index contributed by atoms with van der Waals surface area (Å²) < 4.78 is 4.67.